The Bertz CT molecular complexity index is 1440. The fourth-order valence-corrected chi connectivity index (χ4v) is 13.0. The zero-order valence-electron chi connectivity index (χ0n) is 35.7. The molecular weight excluding hydrogens is 713 g/mol. The molecule has 0 spiro atoms. The first-order valence-electron chi connectivity index (χ1n) is 21.6. The Labute approximate surface area is 334 Å². The summed E-state index contributed by atoms with van der Waals surface area (Å²) in [5, 5.41) is 10.2. The molecule has 2 heterocycles. The van der Waals surface area contributed by atoms with Crippen molar-refractivity contribution in [2.75, 3.05) is 0 Å². The van der Waals surface area contributed by atoms with Crippen LogP contribution in [0.15, 0.2) is 24.8 Å². The van der Waals surface area contributed by atoms with Crippen LogP contribution < -0.4 is 0 Å². The number of hydrogen-bond acceptors (Lipinski definition) is 6. The summed E-state index contributed by atoms with van der Waals surface area (Å²) in [6.07, 6.45) is 31.6. The van der Waals surface area contributed by atoms with Crippen LogP contribution in [0.3, 0.4) is 0 Å². The predicted octanol–water partition coefficient (Wildman–Crippen LogP) is 12.4. The summed E-state index contributed by atoms with van der Waals surface area (Å²) in [7, 11) is -4.18. The Kier molecular flexibility index (Phi) is 23.3. The zero-order chi connectivity index (χ0) is 39.7. The van der Waals surface area contributed by atoms with Crippen molar-refractivity contribution in [3.8, 4) is 22.9 Å². The zero-order valence-corrected chi connectivity index (χ0v) is 38.7. The number of carbonyl (C=O) groups excluding carboxylic acids is 1. The van der Waals surface area contributed by atoms with Gasteiger partial charge < -0.3 is 5.11 Å². The molecule has 0 fully saturated rings. The molecule has 6 nitrogen and oxygen atoms in total. The maximum atomic E-state index is 10.8. The Morgan fingerprint density at radius 1 is 0.537 bits per heavy atom. The third-order valence-corrected chi connectivity index (χ3v) is 19.0. The van der Waals surface area contributed by atoms with Gasteiger partial charge in [0.05, 0.1) is 11.7 Å². The maximum Gasteiger partial charge on any atom is 0.204 e. The van der Waals surface area contributed by atoms with Gasteiger partial charge in [0.1, 0.15) is 16.1 Å². The standard InChI is InChI=1S/C45H76N4O2Si3/c1-40(2)45(51)42-37-48-44(49-38-42)28-34-54(7,8)32-26-22-18-14-10-12-16-20-24-30-52(3,4)29-23-19-15-11-9-13-17-21-25-31-53(5,6)33-27-43-46-35-41(39-50)36-47-43/h35-40,45,51H,9-26,29-32H2,1-8H3/t45-/m0/s1. The second kappa shape index (κ2) is 26.4. The topological polar surface area (TPSA) is 88.9 Å². The average molecular weight is 789 g/mol. The van der Waals surface area contributed by atoms with E-state index in [0.29, 0.717) is 17.2 Å². The van der Waals surface area contributed by atoms with Crippen LogP contribution >= 0.6 is 0 Å². The molecule has 9 heteroatoms. The monoisotopic (exact) mass is 789 g/mol. The van der Waals surface area contributed by atoms with Gasteiger partial charge in [0.2, 0.25) is 11.6 Å². The maximum absolute atomic E-state index is 10.8. The molecule has 1 atom stereocenters. The van der Waals surface area contributed by atoms with Crippen molar-refractivity contribution < 1.29 is 9.90 Å². The molecule has 0 aromatic carbocycles. The summed E-state index contributed by atoms with van der Waals surface area (Å²) in [5.41, 5.74) is 8.24. The second-order valence-electron chi connectivity index (χ2n) is 18.3. The third-order valence-electron chi connectivity index (χ3n) is 10.8. The van der Waals surface area contributed by atoms with E-state index in [1.165, 1.54) is 140 Å². The summed E-state index contributed by atoms with van der Waals surface area (Å²) < 4.78 is 0. The molecule has 1 N–H and O–H groups in total. The van der Waals surface area contributed by atoms with Gasteiger partial charge >= 0.3 is 0 Å². The number of aromatic nitrogens is 4. The average Bonchev–Trinajstić information content (AvgIpc) is 3.14. The highest BCUT2D eigenvalue weighted by molar-refractivity contribution is 6.85. The van der Waals surface area contributed by atoms with E-state index >= 15 is 0 Å². The van der Waals surface area contributed by atoms with Gasteiger partial charge in [0, 0.05) is 38.4 Å². The molecule has 0 aliphatic carbocycles. The minimum atomic E-state index is -1.58. The van der Waals surface area contributed by atoms with Crippen molar-refractivity contribution in [2.45, 2.75) is 199 Å². The summed E-state index contributed by atoms with van der Waals surface area (Å²) >= 11 is 0. The fourth-order valence-electron chi connectivity index (χ4n) is 6.92. The lowest BCUT2D eigenvalue weighted by Gasteiger charge is -2.22. The number of rotatable bonds is 27. The SMILES string of the molecule is CC(C)[C@H](O)c1cnc(C#C[Si](C)(C)CCCCCCCCCCC[Si](C)(C)CCCCCCCCCCC[Si](C)(C)C#Cc2ncc(C=O)cn2)nc1. The molecular formula is C45H76N4O2Si3. The molecule has 0 amide bonds. The Morgan fingerprint density at radius 3 is 1.19 bits per heavy atom. The minimum absolute atomic E-state index is 0.148. The van der Waals surface area contributed by atoms with E-state index in [0.717, 1.165) is 11.8 Å². The minimum Gasteiger partial charge on any atom is -0.388 e. The first kappa shape index (κ1) is 47.7. The molecule has 2 rings (SSSR count). The van der Waals surface area contributed by atoms with Gasteiger partial charge in [-0.2, -0.15) is 0 Å². The van der Waals surface area contributed by atoms with Crippen LogP contribution in [0.2, 0.25) is 63.5 Å². The van der Waals surface area contributed by atoms with Crippen molar-refractivity contribution in [2.24, 2.45) is 5.92 Å². The molecule has 54 heavy (non-hydrogen) atoms. The van der Waals surface area contributed by atoms with Crippen LogP contribution in [-0.2, 0) is 0 Å². The highest BCUT2D eigenvalue weighted by Gasteiger charge is 2.20. The van der Waals surface area contributed by atoms with Crippen LogP contribution in [0.5, 0.6) is 0 Å². The van der Waals surface area contributed by atoms with E-state index < -0.39 is 30.3 Å². The van der Waals surface area contributed by atoms with Crippen molar-refractivity contribution in [3.05, 3.63) is 47.6 Å². The number of nitrogens with zero attached hydrogens (tertiary/aromatic N) is 4. The lowest BCUT2D eigenvalue weighted by atomic mass is 10.0. The molecule has 2 aromatic rings. The van der Waals surface area contributed by atoms with Gasteiger partial charge in [0.25, 0.3) is 0 Å². The van der Waals surface area contributed by atoms with Gasteiger partial charge in [-0.3, -0.25) is 4.79 Å². The predicted molar refractivity (Wildman–Crippen MR) is 238 cm³/mol. The Morgan fingerprint density at radius 2 is 0.852 bits per heavy atom. The smallest absolute Gasteiger partial charge is 0.204 e. The van der Waals surface area contributed by atoms with Gasteiger partial charge in [-0.1, -0.05) is 181 Å². The lowest BCUT2D eigenvalue weighted by molar-refractivity contribution is 0.112. The Hall–Kier alpha value is -2.44. The summed E-state index contributed by atoms with van der Waals surface area (Å²) in [6, 6.07) is 5.50. The molecule has 300 valence electrons. The van der Waals surface area contributed by atoms with E-state index in [4.69, 9.17) is 0 Å². The number of carbonyl (C=O) groups is 1. The van der Waals surface area contributed by atoms with E-state index in [1.807, 2.05) is 13.8 Å². The van der Waals surface area contributed by atoms with Crippen LogP contribution in [0.4, 0.5) is 0 Å². The molecule has 0 bridgehead atoms. The quantitative estimate of drug-likeness (QED) is 0.0420. The van der Waals surface area contributed by atoms with Crippen molar-refractivity contribution in [1.29, 1.82) is 0 Å². The van der Waals surface area contributed by atoms with Crippen LogP contribution in [0.25, 0.3) is 0 Å². The molecule has 0 aliphatic rings. The van der Waals surface area contributed by atoms with Gasteiger partial charge in [-0.25, -0.2) is 19.9 Å². The van der Waals surface area contributed by atoms with Crippen LogP contribution in [0.1, 0.15) is 163 Å². The van der Waals surface area contributed by atoms with E-state index in [1.54, 1.807) is 24.8 Å². The van der Waals surface area contributed by atoms with Crippen molar-refractivity contribution in [3.63, 3.8) is 0 Å². The van der Waals surface area contributed by atoms with E-state index in [2.05, 4.69) is 82.1 Å². The number of aldehydes is 1. The van der Waals surface area contributed by atoms with Crippen molar-refractivity contribution in [1.82, 2.24) is 19.9 Å². The third kappa shape index (κ3) is 22.8. The molecule has 0 unspecified atom stereocenters. The summed E-state index contributed by atoms with van der Waals surface area (Å²) in [6.45, 7) is 18.6. The molecule has 2 aromatic heterocycles. The molecule has 0 aliphatic heterocycles. The second-order valence-corrected chi connectivity index (χ2v) is 32.6. The highest BCUT2D eigenvalue weighted by Crippen LogP contribution is 2.24. The summed E-state index contributed by atoms with van der Waals surface area (Å²) in [4.78, 5) is 27.8. The molecule has 0 saturated carbocycles. The first-order chi connectivity index (χ1) is 25.7. The van der Waals surface area contributed by atoms with Crippen LogP contribution in [-0.4, -0.2) is 55.6 Å². The van der Waals surface area contributed by atoms with E-state index in [9.17, 15) is 9.90 Å². The first-order valence-corrected chi connectivity index (χ1v) is 31.4. The number of unbranched alkanes of at least 4 members (excludes halogenated alkanes) is 16. The molecule has 0 radical (unpaired) electrons. The van der Waals surface area contributed by atoms with Gasteiger partial charge in [-0.15, -0.1) is 11.1 Å². The summed E-state index contributed by atoms with van der Waals surface area (Å²) in [5.74, 6) is 7.59. The highest BCUT2D eigenvalue weighted by atomic mass is 28.3. The van der Waals surface area contributed by atoms with Crippen LogP contribution in [0, 0.1) is 28.8 Å². The number of aliphatic hydroxyl groups excluding tert-OH is 1. The lowest BCUT2D eigenvalue weighted by Crippen LogP contribution is -2.24. The molecule has 0 saturated heterocycles. The van der Waals surface area contributed by atoms with Crippen molar-refractivity contribution >= 4 is 30.5 Å². The van der Waals surface area contributed by atoms with Gasteiger partial charge in [-0.05, 0) is 29.8 Å². The number of hydrogen-bond donors (Lipinski definition) is 1. The normalized spacial score (nSPS) is 12.6. The Balaban J connectivity index is 1.39. The fraction of sp³-hybridized carbons (Fsp3) is 0.711. The number of aliphatic hydroxyl groups is 1. The van der Waals surface area contributed by atoms with E-state index in [-0.39, 0.29) is 5.92 Å². The van der Waals surface area contributed by atoms with Gasteiger partial charge in [0.15, 0.2) is 6.29 Å². The largest absolute Gasteiger partial charge is 0.388 e.